The van der Waals surface area contributed by atoms with Gasteiger partial charge < -0.3 is 5.32 Å². The molecule has 2 aromatic rings. The van der Waals surface area contributed by atoms with E-state index in [2.05, 4.69) is 26.2 Å². The van der Waals surface area contributed by atoms with E-state index >= 15 is 0 Å². The van der Waals surface area contributed by atoms with E-state index in [0.29, 0.717) is 5.69 Å². The van der Waals surface area contributed by atoms with Crippen LogP contribution in [-0.2, 0) is 0 Å². The Kier molecular flexibility index (Phi) is 4.00. The van der Waals surface area contributed by atoms with Gasteiger partial charge in [0.15, 0.2) is 0 Å². The zero-order valence-electron chi connectivity index (χ0n) is 11.1. The molecule has 0 aliphatic carbocycles. The van der Waals surface area contributed by atoms with Gasteiger partial charge in [0.05, 0.1) is 5.69 Å². The first-order valence-electron chi connectivity index (χ1n) is 5.99. The Morgan fingerprint density at radius 1 is 1.21 bits per heavy atom. The minimum absolute atomic E-state index is 0.198. The number of halogens is 1. The summed E-state index contributed by atoms with van der Waals surface area (Å²) in [6.45, 7) is 5.85. The van der Waals surface area contributed by atoms with E-state index in [0.717, 1.165) is 27.0 Å². The number of hydrogen-bond donors (Lipinski definition) is 1. The molecule has 4 heteroatoms. The lowest BCUT2D eigenvalue weighted by molar-refractivity contribution is 0.102. The van der Waals surface area contributed by atoms with Crippen molar-refractivity contribution in [2.24, 2.45) is 0 Å². The second-order valence-electron chi connectivity index (χ2n) is 4.56. The molecule has 0 spiro atoms. The molecular formula is C15H15BrN2O. The summed E-state index contributed by atoms with van der Waals surface area (Å²) in [4.78, 5) is 16.4. The van der Waals surface area contributed by atoms with Crippen LogP contribution in [0, 0.1) is 20.8 Å². The second kappa shape index (κ2) is 5.53. The predicted molar refractivity (Wildman–Crippen MR) is 80.5 cm³/mol. The van der Waals surface area contributed by atoms with E-state index in [4.69, 9.17) is 0 Å². The number of benzene rings is 1. The lowest BCUT2D eigenvalue weighted by Crippen LogP contribution is -2.15. The average Bonchev–Trinajstić information content (AvgIpc) is 2.33. The van der Waals surface area contributed by atoms with Crippen LogP contribution in [-0.4, -0.2) is 10.9 Å². The van der Waals surface area contributed by atoms with E-state index in [1.165, 1.54) is 0 Å². The van der Waals surface area contributed by atoms with Crippen molar-refractivity contribution in [2.75, 3.05) is 5.32 Å². The van der Waals surface area contributed by atoms with Gasteiger partial charge >= 0.3 is 0 Å². The maximum absolute atomic E-state index is 12.2. The van der Waals surface area contributed by atoms with Crippen LogP contribution in [0.2, 0.25) is 0 Å². The number of anilines is 1. The summed E-state index contributed by atoms with van der Waals surface area (Å²) in [6.07, 6.45) is 0. The lowest BCUT2D eigenvalue weighted by atomic mass is 10.1. The zero-order chi connectivity index (χ0) is 14.0. The van der Waals surface area contributed by atoms with E-state index in [9.17, 15) is 4.79 Å². The Labute approximate surface area is 121 Å². The first-order valence-corrected chi connectivity index (χ1v) is 6.78. The predicted octanol–water partition coefficient (Wildman–Crippen LogP) is 4.02. The molecule has 0 radical (unpaired) electrons. The SMILES string of the molecule is Cc1cc(C)c(NC(=O)c2cccc(C)n2)c(Br)c1. The lowest BCUT2D eigenvalue weighted by Gasteiger charge is -2.11. The molecule has 0 fully saturated rings. The molecule has 98 valence electrons. The number of aryl methyl sites for hydroxylation is 3. The molecule has 0 atom stereocenters. The fourth-order valence-corrected chi connectivity index (χ4v) is 2.69. The first-order chi connectivity index (χ1) is 8.97. The van der Waals surface area contributed by atoms with Crippen molar-refractivity contribution in [1.82, 2.24) is 4.98 Å². The smallest absolute Gasteiger partial charge is 0.274 e. The summed E-state index contributed by atoms with van der Waals surface area (Å²) in [5.74, 6) is -0.198. The van der Waals surface area contributed by atoms with E-state index in [1.807, 2.05) is 45.0 Å². The van der Waals surface area contributed by atoms with Gasteiger partial charge in [0.2, 0.25) is 0 Å². The summed E-state index contributed by atoms with van der Waals surface area (Å²) in [6, 6.07) is 9.41. The minimum Gasteiger partial charge on any atom is -0.319 e. The standard InChI is InChI=1S/C15H15BrN2O/c1-9-7-10(2)14(12(16)8-9)18-15(19)13-6-4-5-11(3)17-13/h4-8H,1-3H3,(H,18,19). The van der Waals surface area contributed by atoms with Crippen molar-refractivity contribution in [3.63, 3.8) is 0 Å². The molecule has 2 rings (SSSR count). The van der Waals surface area contributed by atoms with E-state index < -0.39 is 0 Å². The van der Waals surface area contributed by atoms with Gasteiger partial charge in [-0.3, -0.25) is 4.79 Å². The third kappa shape index (κ3) is 3.20. The topological polar surface area (TPSA) is 42.0 Å². The summed E-state index contributed by atoms with van der Waals surface area (Å²) < 4.78 is 0.881. The molecule has 1 aromatic carbocycles. The highest BCUT2D eigenvalue weighted by Crippen LogP contribution is 2.28. The summed E-state index contributed by atoms with van der Waals surface area (Å²) in [7, 11) is 0. The van der Waals surface area contributed by atoms with Gasteiger partial charge in [0.1, 0.15) is 5.69 Å². The monoisotopic (exact) mass is 318 g/mol. The normalized spacial score (nSPS) is 10.3. The number of amides is 1. The first kappa shape index (κ1) is 13.7. The highest BCUT2D eigenvalue weighted by molar-refractivity contribution is 9.10. The quantitative estimate of drug-likeness (QED) is 0.908. The number of nitrogens with one attached hydrogen (secondary N) is 1. The number of carbonyl (C=O) groups excluding carboxylic acids is 1. The number of hydrogen-bond acceptors (Lipinski definition) is 2. The van der Waals surface area contributed by atoms with Crippen LogP contribution < -0.4 is 5.32 Å². The van der Waals surface area contributed by atoms with Crippen LogP contribution in [0.3, 0.4) is 0 Å². The highest BCUT2D eigenvalue weighted by atomic mass is 79.9. The van der Waals surface area contributed by atoms with E-state index in [-0.39, 0.29) is 5.91 Å². The number of aromatic nitrogens is 1. The number of carbonyl (C=O) groups is 1. The van der Waals surface area contributed by atoms with Gasteiger partial charge in [0.25, 0.3) is 5.91 Å². The van der Waals surface area contributed by atoms with Crippen LogP contribution in [0.4, 0.5) is 5.69 Å². The molecule has 19 heavy (non-hydrogen) atoms. The summed E-state index contributed by atoms with van der Waals surface area (Å²) in [5.41, 5.74) is 4.21. The van der Waals surface area contributed by atoms with Gasteiger partial charge in [0, 0.05) is 10.2 Å². The third-order valence-corrected chi connectivity index (χ3v) is 3.42. The maximum atomic E-state index is 12.2. The van der Waals surface area contributed by atoms with Gasteiger partial charge in [-0.2, -0.15) is 0 Å². The molecule has 1 heterocycles. The Bertz CT molecular complexity index is 615. The molecule has 0 aliphatic heterocycles. The highest BCUT2D eigenvalue weighted by Gasteiger charge is 2.12. The number of nitrogens with zero attached hydrogens (tertiary/aromatic N) is 1. The van der Waals surface area contributed by atoms with Crippen LogP contribution in [0.25, 0.3) is 0 Å². The largest absolute Gasteiger partial charge is 0.319 e. The fourth-order valence-electron chi connectivity index (χ4n) is 1.92. The fraction of sp³-hybridized carbons (Fsp3) is 0.200. The van der Waals surface area contributed by atoms with Crippen LogP contribution in [0.15, 0.2) is 34.8 Å². The molecule has 0 unspecified atom stereocenters. The Hall–Kier alpha value is -1.68. The van der Waals surface area contributed by atoms with E-state index in [1.54, 1.807) is 6.07 Å². The van der Waals surface area contributed by atoms with Crippen molar-refractivity contribution in [3.05, 3.63) is 57.3 Å². The molecule has 0 bridgehead atoms. The van der Waals surface area contributed by atoms with Crippen LogP contribution in [0.5, 0.6) is 0 Å². The number of pyridine rings is 1. The molecule has 3 nitrogen and oxygen atoms in total. The van der Waals surface area contributed by atoms with Crippen LogP contribution in [0.1, 0.15) is 27.3 Å². The van der Waals surface area contributed by atoms with Crippen molar-refractivity contribution in [2.45, 2.75) is 20.8 Å². The third-order valence-electron chi connectivity index (χ3n) is 2.79. The summed E-state index contributed by atoms with van der Waals surface area (Å²) in [5, 5.41) is 2.90. The Morgan fingerprint density at radius 2 is 1.95 bits per heavy atom. The Balaban J connectivity index is 2.29. The van der Waals surface area contributed by atoms with Crippen molar-refractivity contribution in [3.8, 4) is 0 Å². The zero-order valence-corrected chi connectivity index (χ0v) is 12.7. The maximum Gasteiger partial charge on any atom is 0.274 e. The van der Waals surface area contributed by atoms with Crippen molar-refractivity contribution < 1.29 is 4.79 Å². The molecular weight excluding hydrogens is 304 g/mol. The van der Waals surface area contributed by atoms with Crippen molar-refractivity contribution in [1.29, 1.82) is 0 Å². The molecule has 1 aromatic heterocycles. The van der Waals surface area contributed by atoms with Gasteiger partial charge in [-0.1, -0.05) is 12.1 Å². The van der Waals surface area contributed by atoms with Crippen LogP contribution >= 0.6 is 15.9 Å². The van der Waals surface area contributed by atoms with Gasteiger partial charge in [-0.15, -0.1) is 0 Å². The molecule has 1 N–H and O–H groups in total. The molecule has 0 aliphatic rings. The average molecular weight is 319 g/mol. The second-order valence-corrected chi connectivity index (χ2v) is 5.41. The molecule has 0 saturated heterocycles. The Morgan fingerprint density at radius 3 is 2.58 bits per heavy atom. The molecule has 1 amide bonds. The number of rotatable bonds is 2. The molecule has 0 saturated carbocycles. The van der Waals surface area contributed by atoms with Crippen molar-refractivity contribution >= 4 is 27.5 Å². The van der Waals surface area contributed by atoms with Gasteiger partial charge in [-0.25, -0.2) is 4.98 Å². The summed E-state index contributed by atoms with van der Waals surface area (Å²) >= 11 is 3.48. The van der Waals surface area contributed by atoms with Gasteiger partial charge in [-0.05, 0) is 66.0 Å². The minimum atomic E-state index is -0.198.